The predicted octanol–water partition coefficient (Wildman–Crippen LogP) is 2.45. The van der Waals surface area contributed by atoms with E-state index in [1.165, 1.54) is 12.8 Å². The van der Waals surface area contributed by atoms with Crippen molar-refractivity contribution in [1.82, 2.24) is 15.1 Å². The first-order valence-corrected chi connectivity index (χ1v) is 7.32. The van der Waals surface area contributed by atoms with Crippen molar-refractivity contribution in [2.45, 2.75) is 32.0 Å². The molecule has 2 aromatic rings. The third kappa shape index (κ3) is 3.61. The SMILES string of the molecule is CN(Cc1cnn(C)c1)c1ccc(CNC2CC2)cc1F. The summed E-state index contributed by atoms with van der Waals surface area (Å²) < 4.78 is 16.0. The van der Waals surface area contributed by atoms with E-state index in [0.717, 1.165) is 17.7 Å². The number of rotatable bonds is 6. The first-order valence-electron chi connectivity index (χ1n) is 7.32. The molecule has 1 aromatic heterocycles. The lowest BCUT2D eigenvalue weighted by Crippen LogP contribution is -2.18. The highest BCUT2D eigenvalue weighted by atomic mass is 19.1. The molecule has 0 atom stereocenters. The van der Waals surface area contributed by atoms with E-state index < -0.39 is 0 Å². The van der Waals surface area contributed by atoms with E-state index in [9.17, 15) is 4.39 Å². The molecule has 0 spiro atoms. The number of nitrogens with one attached hydrogen (secondary N) is 1. The lowest BCUT2D eigenvalue weighted by molar-refractivity contribution is 0.614. The topological polar surface area (TPSA) is 33.1 Å². The summed E-state index contributed by atoms with van der Waals surface area (Å²) >= 11 is 0. The van der Waals surface area contributed by atoms with Crippen molar-refractivity contribution in [3.63, 3.8) is 0 Å². The van der Waals surface area contributed by atoms with Crippen molar-refractivity contribution in [3.05, 3.63) is 47.5 Å². The Hall–Kier alpha value is -1.88. The van der Waals surface area contributed by atoms with Crippen LogP contribution in [-0.4, -0.2) is 22.9 Å². The maximum atomic E-state index is 14.3. The van der Waals surface area contributed by atoms with Gasteiger partial charge in [-0.25, -0.2) is 4.39 Å². The van der Waals surface area contributed by atoms with E-state index in [-0.39, 0.29) is 5.82 Å². The fourth-order valence-electron chi connectivity index (χ4n) is 2.43. The van der Waals surface area contributed by atoms with Crippen LogP contribution in [0.25, 0.3) is 0 Å². The van der Waals surface area contributed by atoms with Crippen molar-refractivity contribution in [2.24, 2.45) is 7.05 Å². The lowest BCUT2D eigenvalue weighted by atomic mass is 10.1. The van der Waals surface area contributed by atoms with E-state index in [1.54, 1.807) is 10.7 Å². The van der Waals surface area contributed by atoms with Gasteiger partial charge in [-0.05, 0) is 30.5 Å². The first kappa shape index (κ1) is 14.1. The van der Waals surface area contributed by atoms with Gasteiger partial charge < -0.3 is 10.2 Å². The molecule has 0 bridgehead atoms. The summed E-state index contributed by atoms with van der Waals surface area (Å²) in [4.78, 5) is 1.91. The van der Waals surface area contributed by atoms with Crippen molar-refractivity contribution < 1.29 is 4.39 Å². The van der Waals surface area contributed by atoms with Gasteiger partial charge in [-0.15, -0.1) is 0 Å². The second-order valence-corrected chi connectivity index (χ2v) is 5.82. The Balaban J connectivity index is 1.65. The largest absolute Gasteiger partial charge is 0.368 e. The molecular formula is C16H21FN4. The maximum Gasteiger partial charge on any atom is 0.146 e. The molecule has 5 heteroatoms. The molecule has 112 valence electrons. The minimum atomic E-state index is -0.170. The van der Waals surface area contributed by atoms with Gasteiger partial charge in [-0.1, -0.05) is 6.07 Å². The molecule has 0 amide bonds. The Morgan fingerprint density at radius 1 is 1.38 bits per heavy atom. The molecule has 3 rings (SSSR count). The minimum Gasteiger partial charge on any atom is -0.368 e. The summed E-state index contributed by atoms with van der Waals surface area (Å²) in [6, 6.07) is 6.12. The monoisotopic (exact) mass is 288 g/mol. The van der Waals surface area contributed by atoms with Crippen LogP contribution in [0.4, 0.5) is 10.1 Å². The Morgan fingerprint density at radius 2 is 2.19 bits per heavy atom. The number of nitrogens with zero attached hydrogens (tertiary/aromatic N) is 3. The van der Waals surface area contributed by atoms with Crippen molar-refractivity contribution in [1.29, 1.82) is 0 Å². The summed E-state index contributed by atoms with van der Waals surface area (Å²) in [5, 5.41) is 7.53. The fourth-order valence-corrected chi connectivity index (χ4v) is 2.43. The molecule has 1 fully saturated rings. The Bertz CT molecular complexity index is 618. The normalized spacial score (nSPS) is 14.4. The average molecular weight is 288 g/mol. The number of halogens is 1. The first-order chi connectivity index (χ1) is 10.1. The highest BCUT2D eigenvalue weighted by Crippen LogP contribution is 2.23. The van der Waals surface area contributed by atoms with Crippen LogP contribution in [-0.2, 0) is 20.1 Å². The summed E-state index contributed by atoms with van der Waals surface area (Å²) in [5.41, 5.74) is 2.69. The second-order valence-electron chi connectivity index (χ2n) is 5.82. The van der Waals surface area contributed by atoms with E-state index >= 15 is 0 Å². The quantitative estimate of drug-likeness (QED) is 0.886. The zero-order valence-corrected chi connectivity index (χ0v) is 12.5. The molecule has 0 saturated heterocycles. The van der Waals surface area contributed by atoms with Crippen LogP contribution in [0.1, 0.15) is 24.0 Å². The Morgan fingerprint density at radius 3 is 2.81 bits per heavy atom. The Labute approximate surface area is 124 Å². The van der Waals surface area contributed by atoms with Crippen LogP contribution in [0.3, 0.4) is 0 Å². The minimum absolute atomic E-state index is 0.170. The summed E-state index contributed by atoms with van der Waals surface area (Å²) in [5.74, 6) is -0.170. The van der Waals surface area contributed by atoms with Gasteiger partial charge in [0.25, 0.3) is 0 Å². The highest BCUT2D eigenvalue weighted by Gasteiger charge is 2.20. The van der Waals surface area contributed by atoms with Gasteiger partial charge in [0.2, 0.25) is 0 Å². The van der Waals surface area contributed by atoms with Crippen molar-refractivity contribution >= 4 is 5.69 Å². The molecule has 0 aliphatic heterocycles. The number of hydrogen-bond acceptors (Lipinski definition) is 3. The van der Waals surface area contributed by atoms with Crippen LogP contribution in [0, 0.1) is 5.82 Å². The van der Waals surface area contributed by atoms with E-state index in [1.807, 2.05) is 43.5 Å². The van der Waals surface area contributed by atoms with Gasteiger partial charge in [-0.3, -0.25) is 4.68 Å². The average Bonchev–Trinajstić information content (AvgIpc) is 3.19. The third-order valence-corrected chi connectivity index (χ3v) is 3.77. The highest BCUT2D eigenvalue weighted by molar-refractivity contribution is 5.48. The van der Waals surface area contributed by atoms with Gasteiger partial charge >= 0.3 is 0 Å². The van der Waals surface area contributed by atoms with Gasteiger partial charge in [0.05, 0.1) is 11.9 Å². The third-order valence-electron chi connectivity index (χ3n) is 3.77. The number of benzene rings is 1. The van der Waals surface area contributed by atoms with Gasteiger partial charge in [0, 0.05) is 45.0 Å². The number of anilines is 1. The lowest BCUT2D eigenvalue weighted by Gasteiger charge is -2.19. The van der Waals surface area contributed by atoms with Crippen LogP contribution in [0.5, 0.6) is 0 Å². The number of aromatic nitrogens is 2. The van der Waals surface area contributed by atoms with Crippen LogP contribution in [0.2, 0.25) is 0 Å². The molecule has 4 nitrogen and oxygen atoms in total. The van der Waals surface area contributed by atoms with Gasteiger partial charge in [-0.2, -0.15) is 5.10 Å². The summed E-state index contributed by atoms with van der Waals surface area (Å²) in [6.07, 6.45) is 6.24. The smallest absolute Gasteiger partial charge is 0.146 e. The standard InChI is InChI=1S/C16H21FN4/c1-20(10-13-9-19-21(2)11-13)16-6-3-12(7-15(16)17)8-18-14-4-5-14/h3,6-7,9,11,14,18H,4-5,8,10H2,1-2H3. The summed E-state index contributed by atoms with van der Waals surface area (Å²) in [6.45, 7) is 1.39. The van der Waals surface area contributed by atoms with E-state index in [0.29, 0.717) is 18.3 Å². The molecule has 1 aliphatic rings. The molecule has 21 heavy (non-hydrogen) atoms. The van der Waals surface area contributed by atoms with E-state index in [4.69, 9.17) is 0 Å². The molecule has 1 saturated carbocycles. The predicted molar refractivity (Wildman–Crippen MR) is 81.6 cm³/mol. The van der Waals surface area contributed by atoms with Crippen LogP contribution in [0.15, 0.2) is 30.6 Å². The molecule has 1 aromatic carbocycles. The number of aryl methyl sites for hydroxylation is 1. The molecule has 1 heterocycles. The fraction of sp³-hybridized carbons (Fsp3) is 0.438. The van der Waals surface area contributed by atoms with E-state index in [2.05, 4.69) is 10.4 Å². The zero-order chi connectivity index (χ0) is 14.8. The molecule has 0 unspecified atom stereocenters. The second kappa shape index (κ2) is 5.85. The summed E-state index contributed by atoms with van der Waals surface area (Å²) in [7, 11) is 3.78. The molecular weight excluding hydrogens is 267 g/mol. The molecule has 1 aliphatic carbocycles. The van der Waals surface area contributed by atoms with Gasteiger partial charge in [0.15, 0.2) is 0 Å². The molecule has 1 N–H and O–H groups in total. The van der Waals surface area contributed by atoms with Crippen LogP contribution < -0.4 is 10.2 Å². The number of hydrogen-bond donors (Lipinski definition) is 1. The molecule has 0 radical (unpaired) electrons. The van der Waals surface area contributed by atoms with Crippen LogP contribution >= 0.6 is 0 Å². The van der Waals surface area contributed by atoms with Crippen molar-refractivity contribution in [2.75, 3.05) is 11.9 Å². The maximum absolute atomic E-state index is 14.3. The van der Waals surface area contributed by atoms with Crippen molar-refractivity contribution in [3.8, 4) is 0 Å². The zero-order valence-electron chi connectivity index (χ0n) is 12.5. The Kier molecular flexibility index (Phi) is 3.92. The van der Waals surface area contributed by atoms with Gasteiger partial charge in [0.1, 0.15) is 5.82 Å².